The van der Waals surface area contributed by atoms with E-state index in [1.54, 1.807) is 6.92 Å². The van der Waals surface area contributed by atoms with Crippen molar-refractivity contribution >= 4 is 0 Å². The van der Waals surface area contributed by atoms with Crippen LogP contribution < -0.4 is 0 Å². The first-order valence-electron chi connectivity index (χ1n) is 0.707. The Morgan fingerprint density at radius 2 is 1.25 bits per heavy atom. The van der Waals surface area contributed by atoms with E-state index in [0.717, 1.165) is 0 Å². The van der Waals surface area contributed by atoms with Gasteiger partial charge in [-0.15, -0.1) is 0 Å². The molecule has 4 heavy (non-hydrogen) atoms. The van der Waals surface area contributed by atoms with Crippen molar-refractivity contribution in [3.05, 3.63) is 6.92 Å². The first-order valence-corrected chi connectivity index (χ1v) is 0.707. The molecular formula is C2H7OZn-. The Morgan fingerprint density at radius 3 is 1.25 bits per heavy atom. The third-order valence-electron chi connectivity index (χ3n) is 0. The van der Waals surface area contributed by atoms with Crippen molar-refractivity contribution < 1.29 is 25.0 Å². The van der Waals surface area contributed by atoms with Gasteiger partial charge in [0.2, 0.25) is 0 Å². The van der Waals surface area contributed by atoms with Crippen molar-refractivity contribution in [2.45, 2.75) is 6.92 Å². The summed E-state index contributed by atoms with van der Waals surface area (Å²) in [7, 11) is 0. The zero-order valence-electron chi connectivity index (χ0n) is 2.91. The molecule has 1 nitrogen and oxygen atoms in total. The summed E-state index contributed by atoms with van der Waals surface area (Å²) in [4.78, 5) is 0. The summed E-state index contributed by atoms with van der Waals surface area (Å²) in [6, 6.07) is 0. The van der Waals surface area contributed by atoms with Gasteiger partial charge in [-0.05, 0) is 0 Å². The molecule has 0 aromatic rings. The fourth-order valence-electron chi connectivity index (χ4n) is 0. The smallest absolute Gasteiger partial charge is 0 e. The van der Waals surface area contributed by atoms with Crippen LogP contribution in [0.1, 0.15) is 6.92 Å². The van der Waals surface area contributed by atoms with Crippen molar-refractivity contribution in [1.29, 1.82) is 0 Å². The van der Waals surface area contributed by atoms with Crippen molar-refractivity contribution in [2.75, 3.05) is 0 Å². The molecule has 2 N–H and O–H groups in total. The molecule has 0 heterocycles. The van der Waals surface area contributed by atoms with Gasteiger partial charge in [0.25, 0.3) is 0 Å². The van der Waals surface area contributed by atoms with E-state index >= 15 is 0 Å². The molecule has 0 aliphatic rings. The average Bonchev–Trinajstić information content (AvgIpc) is 1.00. The van der Waals surface area contributed by atoms with Gasteiger partial charge in [-0.25, -0.2) is 0 Å². The molecule has 0 saturated heterocycles. The standard InChI is InChI=1S/C2H5.H2O.Zn/c1-2;;/h1H2,2H3;1H2;/q-1;;. The first-order chi connectivity index (χ1) is 1.00. The number of hydrogen-bond donors (Lipinski definition) is 0. The molecule has 0 saturated carbocycles. The Kier molecular flexibility index (Phi) is 412. The van der Waals surface area contributed by atoms with Crippen molar-refractivity contribution in [3.8, 4) is 0 Å². The van der Waals surface area contributed by atoms with Crippen LogP contribution in [0.3, 0.4) is 0 Å². The van der Waals surface area contributed by atoms with E-state index in [1.165, 1.54) is 0 Å². The maximum Gasteiger partial charge on any atom is 0 e. The molecule has 2 heteroatoms. The van der Waals surface area contributed by atoms with Crippen LogP contribution in [0, 0.1) is 6.92 Å². The minimum Gasteiger partial charge on any atom is -0.412 e. The molecule has 0 atom stereocenters. The second kappa shape index (κ2) is 70.3. The van der Waals surface area contributed by atoms with E-state index in [4.69, 9.17) is 0 Å². The summed E-state index contributed by atoms with van der Waals surface area (Å²) in [5, 5.41) is 0. The second-order valence-electron chi connectivity index (χ2n) is 0. The Balaban J connectivity index is -0.00000000500. The van der Waals surface area contributed by atoms with E-state index in [1.807, 2.05) is 0 Å². The Morgan fingerprint density at radius 1 is 1.25 bits per heavy atom. The average molecular weight is 112 g/mol. The van der Waals surface area contributed by atoms with Crippen molar-refractivity contribution in [3.63, 3.8) is 0 Å². The van der Waals surface area contributed by atoms with Crippen molar-refractivity contribution in [1.82, 2.24) is 0 Å². The molecule has 0 aliphatic carbocycles. The monoisotopic (exact) mass is 111 g/mol. The second-order valence-corrected chi connectivity index (χ2v) is 0. The molecular weight excluding hydrogens is 105 g/mol. The Bertz CT molecular complexity index is 6.00. The minimum absolute atomic E-state index is 0. The van der Waals surface area contributed by atoms with Crippen LogP contribution in [0.25, 0.3) is 0 Å². The number of rotatable bonds is 0. The summed E-state index contributed by atoms with van der Waals surface area (Å²) in [5.41, 5.74) is 0. The molecule has 0 aromatic heterocycles. The zero-order chi connectivity index (χ0) is 2.00. The summed E-state index contributed by atoms with van der Waals surface area (Å²) >= 11 is 0. The predicted molar refractivity (Wildman–Crippen MR) is 14.6 cm³/mol. The minimum atomic E-state index is 0. The predicted octanol–water partition coefficient (Wildman–Crippen LogP) is 0.0132. The molecule has 0 bridgehead atoms. The molecule has 0 aromatic carbocycles. The maximum absolute atomic E-state index is 3.25. The first kappa shape index (κ1) is 23.5. The summed E-state index contributed by atoms with van der Waals surface area (Å²) in [5.74, 6) is 0. The maximum atomic E-state index is 3.25. The van der Waals surface area contributed by atoms with Gasteiger partial charge in [0.1, 0.15) is 0 Å². The molecule has 0 fully saturated rings. The Labute approximate surface area is 39.5 Å². The molecule has 0 unspecified atom stereocenters. The van der Waals surface area contributed by atoms with Gasteiger partial charge < -0.3 is 12.4 Å². The third kappa shape index (κ3) is 19.0. The van der Waals surface area contributed by atoms with Crippen LogP contribution in [0.4, 0.5) is 0 Å². The van der Waals surface area contributed by atoms with E-state index in [9.17, 15) is 0 Å². The van der Waals surface area contributed by atoms with Gasteiger partial charge in [-0.3, -0.25) is 0 Å². The fraction of sp³-hybridized carbons (Fsp3) is 0.500. The molecule has 0 amide bonds. The Hall–Kier alpha value is 0.583. The number of hydrogen-bond acceptors (Lipinski definition) is 0. The van der Waals surface area contributed by atoms with E-state index in [-0.39, 0.29) is 25.0 Å². The zero-order valence-corrected chi connectivity index (χ0v) is 5.88. The van der Waals surface area contributed by atoms with Crippen LogP contribution in [-0.2, 0) is 19.5 Å². The molecule has 0 radical (unpaired) electrons. The fourth-order valence-corrected chi connectivity index (χ4v) is 0. The summed E-state index contributed by atoms with van der Waals surface area (Å²) in [6.07, 6.45) is 0. The summed E-state index contributed by atoms with van der Waals surface area (Å²) < 4.78 is 0. The third-order valence-corrected chi connectivity index (χ3v) is 0. The molecule has 24 valence electrons. The van der Waals surface area contributed by atoms with Crippen LogP contribution in [-0.4, -0.2) is 5.48 Å². The van der Waals surface area contributed by atoms with Crippen LogP contribution in [0.5, 0.6) is 0 Å². The molecule has 0 spiro atoms. The van der Waals surface area contributed by atoms with E-state index < -0.39 is 0 Å². The molecule has 0 rings (SSSR count). The quantitative estimate of drug-likeness (QED) is 0.312. The van der Waals surface area contributed by atoms with Gasteiger partial charge >= 0.3 is 0 Å². The van der Waals surface area contributed by atoms with Gasteiger partial charge in [0.05, 0.1) is 0 Å². The van der Waals surface area contributed by atoms with E-state index in [2.05, 4.69) is 6.92 Å². The SMILES string of the molecule is O.[CH2-]C.[Zn]. The normalized spacial score (nSPS) is 1.50. The van der Waals surface area contributed by atoms with Gasteiger partial charge in [-0.2, -0.15) is 6.92 Å². The largest absolute Gasteiger partial charge is 0.412 e. The van der Waals surface area contributed by atoms with Crippen molar-refractivity contribution in [2.24, 2.45) is 0 Å². The molecule has 0 aliphatic heterocycles. The van der Waals surface area contributed by atoms with Gasteiger partial charge in [0, 0.05) is 19.5 Å². The van der Waals surface area contributed by atoms with E-state index in [0.29, 0.717) is 0 Å². The van der Waals surface area contributed by atoms with Crippen LogP contribution >= 0.6 is 0 Å². The van der Waals surface area contributed by atoms with Crippen LogP contribution in [0.15, 0.2) is 0 Å². The summed E-state index contributed by atoms with van der Waals surface area (Å²) in [6.45, 7) is 5.00. The van der Waals surface area contributed by atoms with Gasteiger partial charge in [-0.1, -0.05) is 0 Å². The van der Waals surface area contributed by atoms with Gasteiger partial charge in [0.15, 0.2) is 0 Å². The van der Waals surface area contributed by atoms with Crippen LogP contribution in [0.2, 0.25) is 0 Å². The topological polar surface area (TPSA) is 31.5 Å².